The molecule has 3 aromatic rings. The number of carbonyl (C=O) groups is 3. The summed E-state index contributed by atoms with van der Waals surface area (Å²) in [6, 6.07) is 6.38. The topological polar surface area (TPSA) is 141 Å². The lowest BCUT2D eigenvalue weighted by atomic mass is 10.00. The first-order valence-corrected chi connectivity index (χ1v) is 10.0. The van der Waals surface area contributed by atoms with Gasteiger partial charge in [-0.15, -0.1) is 5.10 Å². The number of primary amides is 1. The largest absolute Gasteiger partial charge is 0.479 e. The van der Waals surface area contributed by atoms with Crippen LogP contribution in [0, 0.1) is 13.8 Å². The third-order valence-corrected chi connectivity index (χ3v) is 5.17. The quantitative estimate of drug-likeness (QED) is 0.485. The van der Waals surface area contributed by atoms with Crippen LogP contribution in [0.2, 0.25) is 0 Å². The second kappa shape index (κ2) is 9.46. The third kappa shape index (κ3) is 4.85. The van der Waals surface area contributed by atoms with E-state index in [2.05, 4.69) is 20.7 Å². The van der Waals surface area contributed by atoms with E-state index < -0.39 is 11.8 Å². The Labute approximate surface area is 185 Å². The number of rotatable bonds is 8. The Hall–Kier alpha value is -3.95. The monoisotopic (exact) mass is 438 g/mol. The summed E-state index contributed by atoms with van der Waals surface area (Å²) in [4.78, 5) is 39.8. The van der Waals surface area contributed by atoms with Crippen LogP contribution < -0.4 is 21.1 Å². The van der Waals surface area contributed by atoms with Crippen molar-refractivity contribution in [1.82, 2.24) is 20.1 Å². The first-order valence-electron chi connectivity index (χ1n) is 10.0. The highest BCUT2D eigenvalue weighted by molar-refractivity contribution is 5.97. The molecule has 10 heteroatoms. The Bertz CT molecular complexity index is 1180. The molecule has 0 unspecified atom stereocenters. The average Bonchev–Trinajstić information content (AvgIpc) is 3.08. The summed E-state index contributed by atoms with van der Waals surface area (Å²) in [7, 11) is 3.39. The average molecular weight is 438 g/mol. The molecule has 2 heterocycles. The van der Waals surface area contributed by atoms with Crippen molar-refractivity contribution in [3.05, 3.63) is 46.6 Å². The molecule has 0 saturated carbocycles. The van der Waals surface area contributed by atoms with Gasteiger partial charge in [-0.2, -0.15) is 0 Å². The van der Waals surface area contributed by atoms with Crippen LogP contribution in [0.5, 0.6) is 5.88 Å². The molecule has 0 aliphatic heterocycles. The second-order valence-electron chi connectivity index (χ2n) is 7.41. The van der Waals surface area contributed by atoms with E-state index in [0.29, 0.717) is 23.6 Å². The fourth-order valence-corrected chi connectivity index (χ4v) is 3.54. The highest BCUT2D eigenvalue weighted by Gasteiger charge is 2.18. The third-order valence-electron chi connectivity index (χ3n) is 5.17. The zero-order chi connectivity index (χ0) is 23.4. The lowest BCUT2D eigenvalue weighted by Gasteiger charge is -2.11. The molecule has 0 fully saturated rings. The van der Waals surface area contributed by atoms with E-state index in [-0.39, 0.29) is 18.9 Å². The summed E-state index contributed by atoms with van der Waals surface area (Å²) in [5.74, 6) is -0.684. The minimum absolute atomic E-state index is 0.159. The van der Waals surface area contributed by atoms with E-state index in [9.17, 15) is 14.4 Å². The summed E-state index contributed by atoms with van der Waals surface area (Å²) in [6.07, 6.45) is 0.774. The number of fused-ring (bicyclic) bond motifs is 1. The van der Waals surface area contributed by atoms with Gasteiger partial charge in [0.05, 0.1) is 19.0 Å². The van der Waals surface area contributed by atoms with Crippen molar-refractivity contribution >= 4 is 34.4 Å². The number of carbonyl (C=O) groups excluding carboxylic acids is 3. The fraction of sp³-hybridized carbons (Fsp3) is 0.318. The molecule has 0 atom stereocenters. The van der Waals surface area contributed by atoms with Gasteiger partial charge in [-0.25, -0.2) is 9.67 Å². The molecule has 4 N–H and O–H groups in total. The molecular weight excluding hydrogens is 412 g/mol. The predicted octanol–water partition coefficient (Wildman–Crippen LogP) is 1.38. The number of nitrogens with zero attached hydrogens (tertiary/aromatic N) is 3. The number of hydrogen-bond donors (Lipinski definition) is 3. The molecular formula is C22H26N6O4. The van der Waals surface area contributed by atoms with Gasteiger partial charge in [0.1, 0.15) is 0 Å². The normalized spacial score (nSPS) is 10.8. The molecule has 3 rings (SSSR count). The van der Waals surface area contributed by atoms with Gasteiger partial charge in [-0.05, 0) is 55.7 Å². The van der Waals surface area contributed by atoms with E-state index in [4.69, 9.17) is 10.5 Å². The minimum Gasteiger partial charge on any atom is -0.479 e. The lowest BCUT2D eigenvalue weighted by molar-refractivity contribution is -0.117. The van der Waals surface area contributed by atoms with Crippen LogP contribution >= 0.6 is 0 Å². The van der Waals surface area contributed by atoms with Crippen molar-refractivity contribution in [1.29, 1.82) is 0 Å². The number of aryl methyl sites for hydroxylation is 3. The van der Waals surface area contributed by atoms with Gasteiger partial charge in [0.2, 0.25) is 17.7 Å². The SMILES string of the molecule is COc1nn(C)c2nc(C)c(CCC(=O)Nc3ccc(C(=O)NCC(N)=O)cc3)c(C)c12. The van der Waals surface area contributed by atoms with E-state index in [0.717, 1.165) is 27.9 Å². The Morgan fingerprint density at radius 2 is 1.84 bits per heavy atom. The van der Waals surface area contributed by atoms with Gasteiger partial charge in [-0.3, -0.25) is 14.4 Å². The van der Waals surface area contributed by atoms with E-state index in [1.807, 2.05) is 20.9 Å². The van der Waals surface area contributed by atoms with Crippen molar-refractivity contribution < 1.29 is 19.1 Å². The van der Waals surface area contributed by atoms with Gasteiger partial charge < -0.3 is 21.1 Å². The van der Waals surface area contributed by atoms with Crippen LogP contribution in [0.15, 0.2) is 24.3 Å². The molecule has 1 aromatic carbocycles. The zero-order valence-electron chi connectivity index (χ0n) is 18.5. The summed E-state index contributed by atoms with van der Waals surface area (Å²) in [5, 5.41) is 10.4. The highest BCUT2D eigenvalue weighted by Crippen LogP contribution is 2.30. The zero-order valence-corrected chi connectivity index (χ0v) is 18.5. The molecule has 3 amide bonds. The van der Waals surface area contributed by atoms with Crippen LogP contribution in [0.25, 0.3) is 11.0 Å². The summed E-state index contributed by atoms with van der Waals surface area (Å²) in [6.45, 7) is 3.67. The lowest BCUT2D eigenvalue weighted by Crippen LogP contribution is -2.33. The molecule has 32 heavy (non-hydrogen) atoms. The number of aromatic nitrogens is 3. The molecule has 168 valence electrons. The predicted molar refractivity (Wildman–Crippen MR) is 119 cm³/mol. The number of benzene rings is 1. The Kier molecular flexibility index (Phi) is 6.72. The first-order chi connectivity index (χ1) is 15.2. The van der Waals surface area contributed by atoms with Crippen LogP contribution in [0.3, 0.4) is 0 Å². The van der Waals surface area contributed by atoms with Gasteiger partial charge >= 0.3 is 0 Å². The summed E-state index contributed by atoms with van der Waals surface area (Å²) < 4.78 is 7.06. The number of nitrogens with one attached hydrogen (secondary N) is 2. The first kappa shape index (κ1) is 22.7. The number of pyridine rings is 1. The molecule has 0 saturated heterocycles. The van der Waals surface area contributed by atoms with Crippen molar-refractivity contribution in [3.63, 3.8) is 0 Å². The van der Waals surface area contributed by atoms with Crippen molar-refractivity contribution in [2.75, 3.05) is 19.0 Å². The van der Waals surface area contributed by atoms with Gasteiger partial charge in [0, 0.05) is 30.4 Å². The van der Waals surface area contributed by atoms with E-state index in [1.165, 1.54) is 0 Å². The maximum absolute atomic E-state index is 12.5. The van der Waals surface area contributed by atoms with Crippen molar-refractivity contribution in [2.45, 2.75) is 26.7 Å². The number of nitrogens with two attached hydrogens (primary N) is 1. The molecule has 0 aliphatic carbocycles. The minimum atomic E-state index is -0.621. The maximum Gasteiger partial charge on any atom is 0.251 e. The summed E-state index contributed by atoms with van der Waals surface area (Å²) in [5.41, 5.74) is 9.51. The fourth-order valence-electron chi connectivity index (χ4n) is 3.54. The number of methoxy groups -OCH3 is 1. The van der Waals surface area contributed by atoms with Crippen LogP contribution in [-0.4, -0.2) is 46.1 Å². The molecule has 2 aromatic heterocycles. The highest BCUT2D eigenvalue weighted by atomic mass is 16.5. The van der Waals surface area contributed by atoms with E-state index >= 15 is 0 Å². The number of amides is 3. The number of anilines is 1. The smallest absolute Gasteiger partial charge is 0.251 e. The number of hydrogen-bond acceptors (Lipinski definition) is 6. The van der Waals surface area contributed by atoms with Crippen LogP contribution in [-0.2, 0) is 23.1 Å². The Morgan fingerprint density at radius 3 is 2.47 bits per heavy atom. The Balaban J connectivity index is 1.66. The molecule has 0 bridgehead atoms. The molecule has 10 nitrogen and oxygen atoms in total. The van der Waals surface area contributed by atoms with Gasteiger partial charge in [0.25, 0.3) is 5.91 Å². The van der Waals surface area contributed by atoms with E-state index in [1.54, 1.807) is 36.1 Å². The molecule has 0 spiro atoms. The molecule has 0 aliphatic rings. The standard InChI is InChI=1S/C22H26N6O4/c1-12-16(13(2)25-20-19(12)22(32-4)27-28(20)3)9-10-18(30)26-15-7-5-14(6-8-15)21(31)24-11-17(23)29/h5-8H,9-11H2,1-4H3,(H2,23,29)(H,24,31)(H,26,30). The van der Waals surface area contributed by atoms with Gasteiger partial charge in [0.15, 0.2) is 5.65 Å². The maximum atomic E-state index is 12.5. The van der Waals surface area contributed by atoms with Crippen LogP contribution in [0.1, 0.15) is 33.6 Å². The van der Waals surface area contributed by atoms with Gasteiger partial charge in [-0.1, -0.05) is 0 Å². The van der Waals surface area contributed by atoms with Crippen LogP contribution in [0.4, 0.5) is 5.69 Å². The van der Waals surface area contributed by atoms with Crippen molar-refractivity contribution in [2.24, 2.45) is 12.8 Å². The Morgan fingerprint density at radius 1 is 1.16 bits per heavy atom. The molecule has 0 radical (unpaired) electrons. The summed E-state index contributed by atoms with van der Waals surface area (Å²) >= 11 is 0. The number of ether oxygens (including phenoxy) is 1. The second-order valence-corrected chi connectivity index (χ2v) is 7.41. The van der Waals surface area contributed by atoms with Crippen molar-refractivity contribution in [3.8, 4) is 5.88 Å².